The average molecular weight is 410 g/mol. The molecule has 0 aliphatic heterocycles. The zero-order chi connectivity index (χ0) is 19.6. The van der Waals surface area contributed by atoms with E-state index in [1.807, 2.05) is 14.1 Å². The molecule has 0 fully saturated rings. The van der Waals surface area contributed by atoms with Crippen molar-refractivity contribution < 1.29 is 9.53 Å². The standard InChI is InChI=1S/C19H27N3O3S2/c1-12(18(24)25-4)26-19-20-16-15(13-8-5-6-9-14(13)27-16)17(23)22(19)11-7-10-21(2)3/h12H,5-11H2,1-4H3. The molecule has 0 amide bonds. The summed E-state index contributed by atoms with van der Waals surface area (Å²) >= 11 is 2.95. The molecule has 1 atom stereocenters. The third-order valence-corrected chi connectivity index (χ3v) is 7.10. The van der Waals surface area contributed by atoms with E-state index < -0.39 is 5.25 Å². The fourth-order valence-electron chi connectivity index (χ4n) is 3.42. The summed E-state index contributed by atoms with van der Waals surface area (Å²) < 4.78 is 6.60. The monoisotopic (exact) mass is 409 g/mol. The van der Waals surface area contributed by atoms with Gasteiger partial charge in [0.1, 0.15) is 10.1 Å². The zero-order valence-corrected chi connectivity index (χ0v) is 18.0. The van der Waals surface area contributed by atoms with E-state index in [1.54, 1.807) is 22.8 Å². The molecule has 1 unspecified atom stereocenters. The summed E-state index contributed by atoms with van der Waals surface area (Å²) in [6, 6.07) is 0. The third-order valence-electron chi connectivity index (χ3n) is 4.84. The summed E-state index contributed by atoms with van der Waals surface area (Å²) in [4.78, 5) is 34.3. The molecule has 2 heterocycles. The first-order valence-electron chi connectivity index (χ1n) is 9.36. The van der Waals surface area contributed by atoms with Crippen LogP contribution in [0.2, 0.25) is 0 Å². The van der Waals surface area contributed by atoms with Crippen LogP contribution in [0.4, 0.5) is 0 Å². The summed E-state index contributed by atoms with van der Waals surface area (Å²) in [5.41, 5.74) is 1.25. The van der Waals surface area contributed by atoms with E-state index in [0.717, 1.165) is 42.4 Å². The van der Waals surface area contributed by atoms with Crippen molar-refractivity contribution in [1.29, 1.82) is 0 Å². The highest BCUT2D eigenvalue weighted by Crippen LogP contribution is 2.35. The molecule has 0 saturated heterocycles. The fraction of sp³-hybridized carbons (Fsp3) is 0.632. The van der Waals surface area contributed by atoms with Crippen molar-refractivity contribution in [2.45, 2.75) is 56.0 Å². The number of aryl methyl sites for hydroxylation is 2. The van der Waals surface area contributed by atoms with Crippen LogP contribution >= 0.6 is 23.1 Å². The number of nitrogens with zero attached hydrogens (tertiary/aromatic N) is 3. The topological polar surface area (TPSA) is 64.4 Å². The number of methoxy groups -OCH3 is 1. The summed E-state index contributed by atoms with van der Waals surface area (Å²) in [6.45, 7) is 3.28. The highest BCUT2D eigenvalue weighted by molar-refractivity contribution is 8.00. The lowest BCUT2D eigenvalue weighted by molar-refractivity contribution is -0.139. The second kappa shape index (κ2) is 8.75. The van der Waals surface area contributed by atoms with Gasteiger partial charge in [-0.3, -0.25) is 14.2 Å². The second-order valence-corrected chi connectivity index (χ2v) is 9.57. The van der Waals surface area contributed by atoms with E-state index >= 15 is 0 Å². The van der Waals surface area contributed by atoms with Crippen molar-refractivity contribution in [2.75, 3.05) is 27.7 Å². The van der Waals surface area contributed by atoms with Gasteiger partial charge in [0.15, 0.2) is 5.16 Å². The van der Waals surface area contributed by atoms with Crippen molar-refractivity contribution in [2.24, 2.45) is 0 Å². The van der Waals surface area contributed by atoms with Crippen LogP contribution in [0.25, 0.3) is 10.2 Å². The molecular weight excluding hydrogens is 382 g/mol. The summed E-state index contributed by atoms with van der Waals surface area (Å²) in [5, 5.41) is 1.01. The van der Waals surface area contributed by atoms with Crippen LogP contribution in [0.1, 0.15) is 36.6 Å². The molecule has 0 spiro atoms. The van der Waals surface area contributed by atoms with Gasteiger partial charge in [-0.15, -0.1) is 11.3 Å². The Hall–Kier alpha value is -1.38. The molecule has 0 aromatic carbocycles. The van der Waals surface area contributed by atoms with Crippen molar-refractivity contribution in [3.63, 3.8) is 0 Å². The Morgan fingerprint density at radius 1 is 1.37 bits per heavy atom. The summed E-state index contributed by atoms with van der Waals surface area (Å²) in [5.74, 6) is -0.306. The van der Waals surface area contributed by atoms with Gasteiger partial charge in [-0.05, 0) is 65.2 Å². The Labute approximate surface area is 167 Å². The van der Waals surface area contributed by atoms with Crippen LogP contribution in [0.3, 0.4) is 0 Å². The summed E-state index contributed by atoms with van der Waals surface area (Å²) in [6.07, 6.45) is 5.17. The predicted molar refractivity (Wildman–Crippen MR) is 111 cm³/mol. The van der Waals surface area contributed by atoms with Crippen LogP contribution < -0.4 is 5.56 Å². The van der Waals surface area contributed by atoms with E-state index in [0.29, 0.717) is 11.7 Å². The smallest absolute Gasteiger partial charge is 0.318 e. The van der Waals surface area contributed by atoms with Gasteiger partial charge in [0.05, 0.1) is 12.5 Å². The van der Waals surface area contributed by atoms with Crippen LogP contribution in [0.15, 0.2) is 9.95 Å². The van der Waals surface area contributed by atoms with Crippen molar-refractivity contribution in [3.05, 3.63) is 20.8 Å². The first-order valence-corrected chi connectivity index (χ1v) is 11.1. The largest absolute Gasteiger partial charge is 0.468 e. The number of esters is 1. The van der Waals surface area contributed by atoms with Gasteiger partial charge >= 0.3 is 5.97 Å². The van der Waals surface area contributed by atoms with Crippen molar-refractivity contribution in [3.8, 4) is 0 Å². The van der Waals surface area contributed by atoms with Gasteiger partial charge < -0.3 is 9.64 Å². The number of hydrogen-bond donors (Lipinski definition) is 0. The quantitative estimate of drug-likeness (QED) is 0.398. The summed E-state index contributed by atoms with van der Waals surface area (Å²) in [7, 11) is 5.43. The minimum Gasteiger partial charge on any atom is -0.468 e. The van der Waals surface area contributed by atoms with Crippen LogP contribution in [-0.4, -0.2) is 53.4 Å². The van der Waals surface area contributed by atoms with Crippen LogP contribution in [-0.2, 0) is 28.9 Å². The van der Waals surface area contributed by atoms with E-state index in [-0.39, 0.29) is 11.5 Å². The Bertz CT molecular complexity index is 888. The maximum absolute atomic E-state index is 13.4. The number of aromatic nitrogens is 2. The molecule has 1 aliphatic rings. The Morgan fingerprint density at radius 3 is 2.81 bits per heavy atom. The van der Waals surface area contributed by atoms with E-state index in [2.05, 4.69) is 4.90 Å². The van der Waals surface area contributed by atoms with Crippen LogP contribution in [0.5, 0.6) is 0 Å². The maximum atomic E-state index is 13.4. The number of rotatable bonds is 7. The lowest BCUT2D eigenvalue weighted by atomic mass is 9.97. The minimum atomic E-state index is -0.408. The van der Waals surface area contributed by atoms with E-state index in [9.17, 15) is 9.59 Å². The van der Waals surface area contributed by atoms with Crippen molar-refractivity contribution >= 4 is 39.3 Å². The number of thioether (sulfide) groups is 1. The number of thiophene rings is 1. The highest BCUT2D eigenvalue weighted by atomic mass is 32.2. The molecule has 2 aromatic rings. The Morgan fingerprint density at radius 2 is 2.11 bits per heavy atom. The molecule has 8 heteroatoms. The SMILES string of the molecule is COC(=O)C(C)Sc1nc2sc3c(c2c(=O)n1CCCN(C)C)CCCC3. The first kappa shape index (κ1) is 20.4. The molecule has 3 rings (SSSR count). The normalized spacial score (nSPS) is 15.1. The van der Waals surface area contributed by atoms with Gasteiger partial charge in [-0.25, -0.2) is 4.98 Å². The van der Waals surface area contributed by atoms with Gasteiger partial charge in [0.2, 0.25) is 0 Å². The lowest BCUT2D eigenvalue weighted by Crippen LogP contribution is -2.27. The number of hydrogen-bond acceptors (Lipinski definition) is 7. The van der Waals surface area contributed by atoms with Gasteiger partial charge in [0, 0.05) is 11.4 Å². The molecule has 6 nitrogen and oxygen atoms in total. The van der Waals surface area contributed by atoms with E-state index in [1.165, 1.54) is 35.7 Å². The maximum Gasteiger partial charge on any atom is 0.318 e. The predicted octanol–water partition coefficient (Wildman–Crippen LogP) is 2.94. The van der Waals surface area contributed by atoms with Crippen LogP contribution in [0, 0.1) is 0 Å². The average Bonchev–Trinajstić information content (AvgIpc) is 3.01. The second-order valence-electron chi connectivity index (χ2n) is 7.18. The number of carbonyl (C=O) groups is 1. The molecular formula is C19H27N3O3S2. The van der Waals surface area contributed by atoms with Crippen molar-refractivity contribution in [1.82, 2.24) is 14.5 Å². The zero-order valence-electron chi connectivity index (χ0n) is 16.4. The molecule has 1 aliphatic carbocycles. The van der Waals surface area contributed by atoms with E-state index in [4.69, 9.17) is 9.72 Å². The third kappa shape index (κ3) is 4.38. The molecule has 0 radical (unpaired) electrons. The van der Waals surface area contributed by atoms with Gasteiger partial charge in [-0.2, -0.15) is 0 Å². The molecule has 2 aromatic heterocycles. The Balaban J connectivity index is 2.05. The number of fused-ring (bicyclic) bond motifs is 3. The molecule has 27 heavy (non-hydrogen) atoms. The molecule has 0 bridgehead atoms. The molecule has 148 valence electrons. The number of carbonyl (C=O) groups excluding carboxylic acids is 1. The Kier molecular flexibility index (Phi) is 6.60. The van der Waals surface area contributed by atoms with Gasteiger partial charge in [-0.1, -0.05) is 11.8 Å². The highest BCUT2D eigenvalue weighted by Gasteiger charge is 2.24. The van der Waals surface area contributed by atoms with Gasteiger partial charge in [0.25, 0.3) is 5.56 Å². The minimum absolute atomic E-state index is 0.0396. The fourth-order valence-corrected chi connectivity index (χ4v) is 5.69. The number of ether oxygens (including phenoxy) is 1. The first-order chi connectivity index (χ1) is 12.9. The molecule has 0 N–H and O–H groups in total. The lowest BCUT2D eigenvalue weighted by Gasteiger charge is -2.16. The molecule has 0 saturated carbocycles.